The Bertz CT molecular complexity index is 1080. The van der Waals surface area contributed by atoms with Crippen LogP contribution in [0.5, 0.6) is 0 Å². The fourth-order valence-corrected chi connectivity index (χ4v) is 5.15. The number of fused-ring (bicyclic) bond motifs is 1. The summed E-state index contributed by atoms with van der Waals surface area (Å²) in [5, 5.41) is 2.85. The summed E-state index contributed by atoms with van der Waals surface area (Å²) >= 11 is 0. The van der Waals surface area contributed by atoms with Gasteiger partial charge in [-0.2, -0.15) is 0 Å². The first-order valence-electron chi connectivity index (χ1n) is 9.84. The first kappa shape index (κ1) is 19.6. The predicted octanol–water partition coefficient (Wildman–Crippen LogP) is 3.37. The summed E-state index contributed by atoms with van der Waals surface area (Å²) in [5.41, 5.74) is 3.37. The van der Waals surface area contributed by atoms with Crippen molar-refractivity contribution >= 4 is 32.7 Å². The number of hydrogen-bond donors (Lipinski definition) is 2. The molecule has 1 aliphatic rings. The molecular weight excluding hydrogens is 388 g/mol. The number of nitrogens with zero attached hydrogens (tertiary/aromatic N) is 2. The van der Waals surface area contributed by atoms with Gasteiger partial charge in [-0.3, -0.25) is 4.79 Å². The SMILES string of the molecule is O=C(CCCS(=O)(=O)N1CCCC1)Nc1cccc(-c2nc3ccccc3[nH]2)c1. The quantitative estimate of drug-likeness (QED) is 0.622. The van der Waals surface area contributed by atoms with Gasteiger partial charge in [0.05, 0.1) is 16.8 Å². The molecule has 2 aromatic carbocycles. The summed E-state index contributed by atoms with van der Waals surface area (Å²) in [6, 6.07) is 15.2. The fourth-order valence-electron chi connectivity index (χ4n) is 3.57. The smallest absolute Gasteiger partial charge is 0.224 e. The van der Waals surface area contributed by atoms with E-state index in [-0.39, 0.29) is 18.1 Å². The molecule has 0 unspecified atom stereocenters. The van der Waals surface area contributed by atoms with Crippen molar-refractivity contribution in [3.8, 4) is 11.4 Å². The van der Waals surface area contributed by atoms with Crippen molar-refractivity contribution < 1.29 is 13.2 Å². The minimum atomic E-state index is -3.24. The summed E-state index contributed by atoms with van der Waals surface area (Å²) in [4.78, 5) is 20.1. The molecule has 0 aliphatic carbocycles. The highest BCUT2D eigenvalue weighted by Gasteiger charge is 2.24. The van der Waals surface area contributed by atoms with Crippen LogP contribution < -0.4 is 5.32 Å². The van der Waals surface area contributed by atoms with E-state index >= 15 is 0 Å². The zero-order valence-electron chi connectivity index (χ0n) is 16.1. The number of hydrogen-bond acceptors (Lipinski definition) is 4. The molecule has 3 aromatic rings. The molecule has 29 heavy (non-hydrogen) atoms. The van der Waals surface area contributed by atoms with Crippen molar-refractivity contribution in [1.82, 2.24) is 14.3 Å². The number of aromatic nitrogens is 2. The Labute approximate surface area is 170 Å². The van der Waals surface area contributed by atoms with E-state index in [1.54, 1.807) is 0 Å². The van der Waals surface area contributed by atoms with Crippen LogP contribution in [0.4, 0.5) is 5.69 Å². The third kappa shape index (κ3) is 4.65. The lowest BCUT2D eigenvalue weighted by Crippen LogP contribution is -2.30. The molecule has 0 saturated carbocycles. The lowest BCUT2D eigenvalue weighted by molar-refractivity contribution is -0.116. The van der Waals surface area contributed by atoms with Crippen LogP contribution in [0.1, 0.15) is 25.7 Å². The maximum absolute atomic E-state index is 12.3. The highest BCUT2D eigenvalue weighted by Crippen LogP contribution is 2.23. The third-order valence-electron chi connectivity index (χ3n) is 5.07. The molecule has 0 bridgehead atoms. The molecule has 1 aliphatic heterocycles. The molecule has 1 amide bonds. The number of amides is 1. The van der Waals surface area contributed by atoms with Crippen molar-refractivity contribution in [3.63, 3.8) is 0 Å². The van der Waals surface area contributed by atoms with Gasteiger partial charge in [-0.1, -0.05) is 24.3 Å². The average molecular weight is 413 g/mol. The van der Waals surface area contributed by atoms with Crippen molar-refractivity contribution in [2.24, 2.45) is 0 Å². The maximum atomic E-state index is 12.3. The summed E-state index contributed by atoms with van der Waals surface area (Å²) < 4.78 is 26.0. The number of anilines is 1. The lowest BCUT2D eigenvalue weighted by Gasteiger charge is -2.15. The Morgan fingerprint density at radius 2 is 1.90 bits per heavy atom. The number of H-pyrrole nitrogens is 1. The van der Waals surface area contributed by atoms with Gasteiger partial charge in [0.25, 0.3) is 0 Å². The second-order valence-electron chi connectivity index (χ2n) is 7.26. The monoisotopic (exact) mass is 412 g/mol. The lowest BCUT2D eigenvalue weighted by atomic mass is 10.2. The van der Waals surface area contributed by atoms with E-state index in [2.05, 4.69) is 15.3 Å². The van der Waals surface area contributed by atoms with E-state index in [4.69, 9.17) is 0 Å². The number of sulfonamides is 1. The summed E-state index contributed by atoms with van der Waals surface area (Å²) in [6.45, 7) is 1.20. The van der Waals surface area contributed by atoms with Gasteiger partial charge in [0.1, 0.15) is 5.82 Å². The fraction of sp³-hybridized carbons (Fsp3) is 0.333. The van der Waals surface area contributed by atoms with Crippen LogP contribution >= 0.6 is 0 Å². The molecule has 4 rings (SSSR count). The Morgan fingerprint density at radius 1 is 1.10 bits per heavy atom. The van der Waals surface area contributed by atoms with Gasteiger partial charge >= 0.3 is 0 Å². The van der Waals surface area contributed by atoms with E-state index < -0.39 is 10.0 Å². The molecule has 0 atom stereocenters. The Kier molecular flexibility index (Phi) is 5.64. The standard InChI is InChI=1S/C21H24N4O3S/c26-20(11-6-14-29(27,28)25-12-3-4-13-25)22-17-8-5-7-16(15-17)21-23-18-9-1-2-10-19(18)24-21/h1-2,5,7-10,15H,3-4,6,11-14H2,(H,22,26)(H,23,24). The molecular formula is C21H24N4O3S. The number of imidazole rings is 1. The van der Waals surface area contributed by atoms with Gasteiger partial charge < -0.3 is 10.3 Å². The van der Waals surface area contributed by atoms with E-state index in [9.17, 15) is 13.2 Å². The number of para-hydroxylation sites is 2. The van der Waals surface area contributed by atoms with Crippen molar-refractivity contribution in [2.45, 2.75) is 25.7 Å². The number of rotatable bonds is 7. The van der Waals surface area contributed by atoms with Crippen LogP contribution in [0.2, 0.25) is 0 Å². The van der Waals surface area contributed by atoms with Crippen molar-refractivity contribution in [3.05, 3.63) is 48.5 Å². The molecule has 152 valence electrons. The van der Waals surface area contributed by atoms with Gasteiger partial charge in [0.2, 0.25) is 15.9 Å². The summed E-state index contributed by atoms with van der Waals surface area (Å²) in [7, 11) is -3.24. The molecule has 8 heteroatoms. The van der Waals surface area contributed by atoms with E-state index in [0.29, 0.717) is 25.2 Å². The van der Waals surface area contributed by atoms with Gasteiger partial charge in [-0.05, 0) is 43.5 Å². The number of nitrogens with one attached hydrogen (secondary N) is 2. The maximum Gasteiger partial charge on any atom is 0.224 e. The number of carbonyl (C=O) groups is 1. The second-order valence-corrected chi connectivity index (χ2v) is 9.35. The van der Waals surface area contributed by atoms with Gasteiger partial charge in [0.15, 0.2) is 0 Å². The van der Waals surface area contributed by atoms with Crippen LogP contribution in [0.3, 0.4) is 0 Å². The van der Waals surface area contributed by atoms with Crippen molar-refractivity contribution in [2.75, 3.05) is 24.2 Å². The van der Waals surface area contributed by atoms with E-state index in [0.717, 1.165) is 35.3 Å². The second kappa shape index (κ2) is 8.34. The highest BCUT2D eigenvalue weighted by molar-refractivity contribution is 7.89. The summed E-state index contributed by atoms with van der Waals surface area (Å²) in [5.74, 6) is 0.557. The van der Waals surface area contributed by atoms with E-state index in [1.165, 1.54) is 4.31 Å². The van der Waals surface area contributed by atoms with Crippen LogP contribution in [0, 0.1) is 0 Å². The molecule has 1 aromatic heterocycles. The van der Waals surface area contributed by atoms with Gasteiger partial charge in [0, 0.05) is 30.8 Å². The van der Waals surface area contributed by atoms with Crippen LogP contribution in [0.25, 0.3) is 22.4 Å². The van der Waals surface area contributed by atoms with Gasteiger partial charge in [-0.15, -0.1) is 0 Å². The highest BCUT2D eigenvalue weighted by atomic mass is 32.2. The Morgan fingerprint density at radius 3 is 2.69 bits per heavy atom. The molecule has 7 nitrogen and oxygen atoms in total. The van der Waals surface area contributed by atoms with Gasteiger partial charge in [-0.25, -0.2) is 17.7 Å². The van der Waals surface area contributed by atoms with Crippen LogP contribution in [-0.4, -0.2) is 47.4 Å². The molecule has 0 spiro atoms. The minimum Gasteiger partial charge on any atom is -0.338 e. The zero-order chi connectivity index (χ0) is 20.3. The molecule has 0 radical (unpaired) electrons. The molecule has 2 heterocycles. The van der Waals surface area contributed by atoms with Crippen LogP contribution in [-0.2, 0) is 14.8 Å². The largest absolute Gasteiger partial charge is 0.338 e. The molecule has 1 saturated heterocycles. The first-order valence-corrected chi connectivity index (χ1v) is 11.4. The average Bonchev–Trinajstić information content (AvgIpc) is 3.38. The number of aromatic amines is 1. The third-order valence-corrected chi connectivity index (χ3v) is 7.03. The predicted molar refractivity (Wildman–Crippen MR) is 114 cm³/mol. The number of carbonyl (C=O) groups excluding carboxylic acids is 1. The molecule has 1 fully saturated rings. The number of benzene rings is 2. The Balaban J connectivity index is 1.35. The summed E-state index contributed by atoms with van der Waals surface area (Å²) in [6.07, 6.45) is 2.32. The minimum absolute atomic E-state index is 0.0133. The zero-order valence-corrected chi connectivity index (χ0v) is 16.9. The van der Waals surface area contributed by atoms with Crippen molar-refractivity contribution in [1.29, 1.82) is 0 Å². The Hall–Kier alpha value is -2.71. The molecule has 2 N–H and O–H groups in total. The van der Waals surface area contributed by atoms with Crippen LogP contribution in [0.15, 0.2) is 48.5 Å². The normalized spacial score (nSPS) is 15.0. The first-order chi connectivity index (χ1) is 14.0. The van der Waals surface area contributed by atoms with E-state index in [1.807, 2.05) is 48.5 Å². The topological polar surface area (TPSA) is 95.2 Å².